The first-order valence-corrected chi connectivity index (χ1v) is 12.7. The molecule has 0 aliphatic carbocycles. The SMILES string of the molecule is Cc1ccc(S(=O)(=O)N(CC(=O)N[C@@H](C)CCc2ccccc2)Cc2ccccc2Cl)cc1. The molecule has 1 atom stereocenters. The first-order chi connectivity index (χ1) is 15.8. The molecule has 1 amide bonds. The minimum Gasteiger partial charge on any atom is -0.352 e. The van der Waals surface area contributed by atoms with Gasteiger partial charge in [0.1, 0.15) is 0 Å². The van der Waals surface area contributed by atoms with E-state index in [2.05, 4.69) is 5.32 Å². The van der Waals surface area contributed by atoms with Crippen LogP contribution in [0.2, 0.25) is 5.02 Å². The number of carbonyl (C=O) groups excluding carboxylic acids is 1. The maximum Gasteiger partial charge on any atom is 0.243 e. The summed E-state index contributed by atoms with van der Waals surface area (Å²) in [6.45, 7) is 3.52. The number of amides is 1. The number of hydrogen-bond donors (Lipinski definition) is 1. The standard InChI is InChI=1S/C26H29ClN2O3S/c1-20-12-16-24(17-13-20)33(31,32)29(18-23-10-6-7-11-25(23)27)19-26(30)28-21(2)14-15-22-8-4-3-5-9-22/h3-13,16-17,21H,14-15,18-19H2,1-2H3,(H,28,30)/t21-/m0/s1. The maximum atomic E-state index is 13.4. The Balaban J connectivity index is 1.73. The van der Waals surface area contributed by atoms with Crippen LogP contribution < -0.4 is 5.32 Å². The highest BCUT2D eigenvalue weighted by Gasteiger charge is 2.28. The van der Waals surface area contributed by atoms with Gasteiger partial charge in [0, 0.05) is 17.6 Å². The van der Waals surface area contributed by atoms with Crippen molar-refractivity contribution in [1.29, 1.82) is 0 Å². The van der Waals surface area contributed by atoms with Gasteiger partial charge in [-0.25, -0.2) is 8.42 Å². The van der Waals surface area contributed by atoms with E-state index in [1.165, 1.54) is 9.87 Å². The van der Waals surface area contributed by atoms with Crippen LogP contribution in [0.25, 0.3) is 0 Å². The van der Waals surface area contributed by atoms with Crippen molar-refractivity contribution in [3.05, 3.63) is 101 Å². The predicted octanol–water partition coefficient (Wildman–Crippen LogP) is 4.98. The van der Waals surface area contributed by atoms with Crippen LogP contribution in [0.5, 0.6) is 0 Å². The molecule has 0 aliphatic heterocycles. The second-order valence-electron chi connectivity index (χ2n) is 8.17. The lowest BCUT2D eigenvalue weighted by Gasteiger charge is -2.23. The van der Waals surface area contributed by atoms with Crippen LogP contribution in [0, 0.1) is 6.92 Å². The van der Waals surface area contributed by atoms with E-state index in [1.807, 2.05) is 44.2 Å². The Morgan fingerprint density at radius 2 is 1.61 bits per heavy atom. The number of aryl methyl sites for hydroxylation is 2. The minimum absolute atomic E-state index is 0.00169. The Bertz CT molecular complexity index is 1170. The molecule has 33 heavy (non-hydrogen) atoms. The summed E-state index contributed by atoms with van der Waals surface area (Å²) in [7, 11) is -3.91. The fourth-order valence-electron chi connectivity index (χ4n) is 3.48. The van der Waals surface area contributed by atoms with Crippen molar-refractivity contribution < 1.29 is 13.2 Å². The predicted molar refractivity (Wildman–Crippen MR) is 133 cm³/mol. The van der Waals surface area contributed by atoms with Gasteiger partial charge in [-0.05, 0) is 56.0 Å². The van der Waals surface area contributed by atoms with Crippen LogP contribution in [0.1, 0.15) is 30.0 Å². The summed E-state index contributed by atoms with van der Waals surface area (Å²) in [5.74, 6) is -0.349. The molecule has 3 aromatic carbocycles. The lowest BCUT2D eigenvalue weighted by atomic mass is 10.1. The van der Waals surface area contributed by atoms with Crippen LogP contribution in [0.3, 0.4) is 0 Å². The highest BCUT2D eigenvalue weighted by Crippen LogP contribution is 2.22. The van der Waals surface area contributed by atoms with Gasteiger partial charge >= 0.3 is 0 Å². The molecule has 0 aromatic heterocycles. The molecule has 0 radical (unpaired) electrons. The third-order valence-corrected chi connectivity index (χ3v) is 7.57. The first-order valence-electron chi connectivity index (χ1n) is 10.9. The second kappa shape index (κ2) is 11.5. The van der Waals surface area contributed by atoms with Gasteiger partial charge in [-0.3, -0.25) is 4.79 Å². The van der Waals surface area contributed by atoms with Crippen LogP contribution in [-0.2, 0) is 27.8 Å². The van der Waals surface area contributed by atoms with E-state index in [0.717, 1.165) is 18.4 Å². The van der Waals surface area contributed by atoms with E-state index < -0.39 is 10.0 Å². The average molecular weight is 485 g/mol. The lowest BCUT2D eigenvalue weighted by molar-refractivity contribution is -0.122. The van der Waals surface area contributed by atoms with Crippen LogP contribution in [0.15, 0.2) is 83.8 Å². The number of carbonyl (C=O) groups is 1. The monoisotopic (exact) mass is 484 g/mol. The summed E-state index contributed by atoms with van der Waals surface area (Å²) in [6, 6.07) is 23.6. The third kappa shape index (κ3) is 7.16. The number of nitrogens with zero attached hydrogens (tertiary/aromatic N) is 1. The molecule has 174 valence electrons. The molecular formula is C26H29ClN2O3S. The van der Waals surface area contributed by atoms with Crippen molar-refractivity contribution in [2.45, 2.75) is 44.2 Å². The Morgan fingerprint density at radius 1 is 0.970 bits per heavy atom. The average Bonchev–Trinajstić information content (AvgIpc) is 2.79. The maximum absolute atomic E-state index is 13.4. The zero-order chi connectivity index (χ0) is 23.8. The molecule has 0 fully saturated rings. The number of rotatable bonds is 10. The van der Waals surface area contributed by atoms with Gasteiger partial charge in [-0.1, -0.05) is 77.8 Å². The molecule has 7 heteroatoms. The van der Waals surface area contributed by atoms with E-state index in [0.29, 0.717) is 10.6 Å². The topological polar surface area (TPSA) is 66.5 Å². The summed E-state index contributed by atoms with van der Waals surface area (Å²) >= 11 is 6.28. The molecule has 0 aliphatic rings. The van der Waals surface area contributed by atoms with Gasteiger partial charge in [-0.15, -0.1) is 0 Å². The van der Waals surface area contributed by atoms with Gasteiger partial charge < -0.3 is 5.32 Å². The molecule has 3 rings (SSSR count). The van der Waals surface area contributed by atoms with Crippen molar-refractivity contribution in [1.82, 2.24) is 9.62 Å². The van der Waals surface area contributed by atoms with Gasteiger partial charge in [0.15, 0.2) is 0 Å². The van der Waals surface area contributed by atoms with E-state index in [4.69, 9.17) is 11.6 Å². The van der Waals surface area contributed by atoms with Crippen molar-refractivity contribution in [3.8, 4) is 0 Å². The van der Waals surface area contributed by atoms with Crippen molar-refractivity contribution in [3.63, 3.8) is 0 Å². The minimum atomic E-state index is -3.91. The third-order valence-electron chi connectivity index (χ3n) is 5.40. The summed E-state index contributed by atoms with van der Waals surface area (Å²) in [5, 5.41) is 3.39. The van der Waals surface area contributed by atoms with E-state index in [1.54, 1.807) is 48.5 Å². The molecule has 0 bridgehead atoms. The van der Waals surface area contributed by atoms with Crippen molar-refractivity contribution in [2.75, 3.05) is 6.54 Å². The van der Waals surface area contributed by atoms with E-state index >= 15 is 0 Å². The number of hydrogen-bond acceptors (Lipinski definition) is 3. The van der Waals surface area contributed by atoms with E-state index in [-0.39, 0.29) is 29.9 Å². The fourth-order valence-corrected chi connectivity index (χ4v) is 5.05. The Morgan fingerprint density at radius 3 is 2.27 bits per heavy atom. The quantitative estimate of drug-likeness (QED) is 0.441. The number of halogens is 1. The summed E-state index contributed by atoms with van der Waals surface area (Å²) < 4.78 is 28.0. The highest BCUT2D eigenvalue weighted by molar-refractivity contribution is 7.89. The zero-order valence-electron chi connectivity index (χ0n) is 18.9. The van der Waals surface area contributed by atoms with Gasteiger partial charge in [-0.2, -0.15) is 4.31 Å². The number of sulfonamides is 1. The summed E-state index contributed by atoms with van der Waals surface area (Å²) in [6.07, 6.45) is 1.58. The van der Waals surface area contributed by atoms with Gasteiger partial charge in [0.25, 0.3) is 0 Å². The largest absolute Gasteiger partial charge is 0.352 e. The van der Waals surface area contributed by atoms with Crippen molar-refractivity contribution >= 4 is 27.5 Å². The van der Waals surface area contributed by atoms with E-state index in [9.17, 15) is 13.2 Å². The summed E-state index contributed by atoms with van der Waals surface area (Å²) in [5.41, 5.74) is 2.79. The molecule has 5 nitrogen and oxygen atoms in total. The smallest absolute Gasteiger partial charge is 0.243 e. The fraction of sp³-hybridized carbons (Fsp3) is 0.269. The molecule has 1 N–H and O–H groups in total. The molecule has 3 aromatic rings. The first kappa shape index (κ1) is 25.0. The molecule has 0 unspecified atom stereocenters. The highest BCUT2D eigenvalue weighted by atomic mass is 35.5. The molecule has 0 heterocycles. The lowest BCUT2D eigenvalue weighted by Crippen LogP contribution is -2.43. The van der Waals surface area contributed by atoms with Crippen LogP contribution >= 0.6 is 11.6 Å². The Hall–Kier alpha value is -2.67. The Labute approximate surface area is 201 Å². The van der Waals surface area contributed by atoms with Crippen LogP contribution in [0.4, 0.5) is 0 Å². The zero-order valence-corrected chi connectivity index (χ0v) is 20.4. The van der Waals surface area contributed by atoms with Crippen LogP contribution in [-0.4, -0.2) is 31.2 Å². The normalized spacial score (nSPS) is 12.5. The molecular weight excluding hydrogens is 456 g/mol. The van der Waals surface area contributed by atoms with Gasteiger partial charge in [0.2, 0.25) is 15.9 Å². The number of nitrogens with one attached hydrogen (secondary N) is 1. The molecule has 0 spiro atoms. The molecule has 0 saturated carbocycles. The second-order valence-corrected chi connectivity index (χ2v) is 10.5. The molecule has 0 saturated heterocycles. The summed E-state index contributed by atoms with van der Waals surface area (Å²) in [4.78, 5) is 13.0. The van der Waals surface area contributed by atoms with Crippen molar-refractivity contribution in [2.24, 2.45) is 0 Å². The number of benzene rings is 3. The Kier molecular flexibility index (Phi) is 8.67. The van der Waals surface area contributed by atoms with Gasteiger partial charge in [0.05, 0.1) is 11.4 Å².